The van der Waals surface area contributed by atoms with Crippen molar-refractivity contribution in [2.24, 2.45) is 16.6 Å². The lowest BCUT2D eigenvalue weighted by molar-refractivity contribution is -0.119. The van der Waals surface area contributed by atoms with Crippen molar-refractivity contribution in [3.05, 3.63) is 0 Å². The first-order valence-electron chi connectivity index (χ1n) is 6.83. The fraction of sp³-hybridized carbons (Fsp3) is 0.846. The molecule has 2 atom stereocenters. The third kappa shape index (κ3) is 5.72. The van der Waals surface area contributed by atoms with Crippen molar-refractivity contribution < 1.29 is 4.79 Å². The van der Waals surface area contributed by atoms with Crippen LogP contribution < -0.4 is 11.1 Å². The average molecular weight is 286 g/mol. The van der Waals surface area contributed by atoms with E-state index in [0.29, 0.717) is 17.6 Å². The minimum Gasteiger partial charge on any atom is -0.370 e. The van der Waals surface area contributed by atoms with Gasteiger partial charge in [0.15, 0.2) is 5.96 Å². The normalized spacial score (nSPS) is 22.2. The minimum atomic E-state index is -0.203. The summed E-state index contributed by atoms with van der Waals surface area (Å²) in [5.41, 5.74) is 5.29. The third-order valence-corrected chi connectivity index (χ3v) is 4.44. The molecule has 0 aliphatic carbocycles. The first-order chi connectivity index (χ1) is 9.06. The van der Waals surface area contributed by atoms with Gasteiger partial charge in [-0.25, -0.2) is 0 Å². The van der Waals surface area contributed by atoms with Crippen molar-refractivity contribution in [1.82, 2.24) is 10.2 Å². The number of nitrogens with two attached hydrogens (primary N) is 1. The van der Waals surface area contributed by atoms with Gasteiger partial charge in [-0.1, -0.05) is 6.92 Å². The predicted octanol–water partition coefficient (Wildman–Crippen LogP) is 0.901. The Morgan fingerprint density at radius 3 is 2.95 bits per heavy atom. The molecule has 19 heavy (non-hydrogen) atoms. The van der Waals surface area contributed by atoms with E-state index in [1.165, 1.54) is 0 Å². The molecule has 3 N–H and O–H groups in total. The summed E-state index contributed by atoms with van der Waals surface area (Å²) < 4.78 is 0. The predicted molar refractivity (Wildman–Crippen MR) is 82.4 cm³/mol. The van der Waals surface area contributed by atoms with Crippen LogP contribution in [0.15, 0.2) is 4.99 Å². The van der Waals surface area contributed by atoms with Crippen LogP contribution in [0.1, 0.15) is 26.2 Å². The van der Waals surface area contributed by atoms with Gasteiger partial charge in [0.25, 0.3) is 0 Å². The molecule has 5 nitrogen and oxygen atoms in total. The summed E-state index contributed by atoms with van der Waals surface area (Å²) in [6.07, 6.45) is 4.77. The maximum absolute atomic E-state index is 11.0. The number of aliphatic imine (C=N–C) groups is 1. The highest BCUT2D eigenvalue weighted by atomic mass is 32.2. The maximum atomic E-state index is 11.0. The van der Waals surface area contributed by atoms with E-state index in [4.69, 9.17) is 5.73 Å². The van der Waals surface area contributed by atoms with Crippen LogP contribution >= 0.6 is 11.8 Å². The number of nitrogens with zero attached hydrogens (tertiary/aromatic N) is 2. The smallest absolute Gasteiger partial charge is 0.217 e. The molecule has 1 amide bonds. The lowest BCUT2D eigenvalue weighted by atomic mass is 9.95. The summed E-state index contributed by atoms with van der Waals surface area (Å²) in [6, 6.07) is 0. The van der Waals surface area contributed by atoms with Crippen LogP contribution in [0.2, 0.25) is 0 Å². The lowest BCUT2D eigenvalue weighted by Crippen LogP contribution is -2.48. The van der Waals surface area contributed by atoms with E-state index in [1.807, 2.05) is 18.8 Å². The second kappa shape index (κ2) is 8.30. The van der Waals surface area contributed by atoms with Gasteiger partial charge in [0.05, 0.1) is 0 Å². The molecule has 0 aromatic rings. The van der Waals surface area contributed by atoms with Crippen molar-refractivity contribution in [3.63, 3.8) is 0 Å². The molecule has 1 heterocycles. The Hall–Kier alpha value is -0.910. The Morgan fingerprint density at radius 1 is 1.63 bits per heavy atom. The molecule has 2 unspecified atom stereocenters. The number of nitrogens with one attached hydrogen (secondary N) is 1. The molecule has 0 saturated carbocycles. The van der Waals surface area contributed by atoms with Crippen molar-refractivity contribution in [2.45, 2.75) is 31.4 Å². The van der Waals surface area contributed by atoms with Crippen LogP contribution in [0.25, 0.3) is 0 Å². The molecule has 110 valence electrons. The van der Waals surface area contributed by atoms with Gasteiger partial charge in [0.2, 0.25) is 5.91 Å². The van der Waals surface area contributed by atoms with E-state index in [9.17, 15) is 4.79 Å². The Morgan fingerprint density at radius 2 is 2.37 bits per heavy atom. The Labute approximate surface area is 120 Å². The molecule has 1 aliphatic rings. The number of rotatable bonds is 5. The second-order valence-electron chi connectivity index (χ2n) is 5.10. The molecular formula is C13H26N4OS. The highest BCUT2D eigenvalue weighted by Gasteiger charge is 2.23. The third-order valence-electron chi connectivity index (χ3n) is 3.47. The first-order valence-corrected chi connectivity index (χ1v) is 8.12. The minimum absolute atomic E-state index is 0.203. The largest absolute Gasteiger partial charge is 0.370 e. The molecule has 6 heteroatoms. The molecule has 1 saturated heterocycles. The number of carbonyl (C=O) groups excluding carboxylic acids is 1. The average Bonchev–Trinajstić information content (AvgIpc) is 2.38. The molecule has 1 aliphatic heterocycles. The molecule has 1 rings (SSSR count). The summed E-state index contributed by atoms with van der Waals surface area (Å²) >= 11 is 1.84. The number of hydrogen-bond acceptors (Lipinski definition) is 3. The van der Waals surface area contributed by atoms with Gasteiger partial charge < -0.3 is 16.0 Å². The first kappa shape index (κ1) is 16.1. The molecule has 0 radical (unpaired) electrons. The van der Waals surface area contributed by atoms with E-state index in [-0.39, 0.29) is 5.91 Å². The summed E-state index contributed by atoms with van der Waals surface area (Å²) in [5.74, 6) is 1.10. The van der Waals surface area contributed by atoms with Crippen molar-refractivity contribution in [2.75, 3.05) is 32.9 Å². The lowest BCUT2D eigenvalue weighted by Gasteiger charge is -2.35. The molecule has 1 fully saturated rings. The Bertz CT molecular complexity index is 322. The monoisotopic (exact) mass is 286 g/mol. The van der Waals surface area contributed by atoms with Crippen LogP contribution in [0, 0.1) is 5.92 Å². The highest BCUT2D eigenvalue weighted by Crippen LogP contribution is 2.19. The van der Waals surface area contributed by atoms with Gasteiger partial charge in [-0.3, -0.25) is 9.79 Å². The van der Waals surface area contributed by atoms with E-state index in [2.05, 4.69) is 28.4 Å². The summed E-state index contributed by atoms with van der Waals surface area (Å²) in [7, 11) is 1.81. The van der Waals surface area contributed by atoms with Gasteiger partial charge in [0.1, 0.15) is 0 Å². The Balaban J connectivity index is 2.49. The number of guanidine groups is 1. The van der Waals surface area contributed by atoms with Gasteiger partial charge in [-0.2, -0.15) is 11.8 Å². The fourth-order valence-electron chi connectivity index (χ4n) is 2.36. The number of hydrogen-bond donors (Lipinski definition) is 2. The summed E-state index contributed by atoms with van der Waals surface area (Å²) in [6.45, 7) is 4.97. The Kier molecular flexibility index (Phi) is 7.05. The van der Waals surface area contributed by atoms with E-state index >= 15 is 0 Å². The number of likely N-dealkylation sites (tertiary alicyclic amines) is 1. The summed E-state index contributed by atoms with van der Waals surface area (Å²) in [4.78, 5) is 17.6. The quantitative estimate of drug-likeness (QED) is 0.582. The van der Waals surface area contributed by atoms with Crippen molar-refractivity contribution in [1.29, 1.82) is 0 Å². The van der Waals surface area contributed by atoms with Gasteiger partial charge in [-0.15, -0.1) is 0 Å². The fourth-order valence-corrected chi connectivity index (χ4v) is 2.61. The SMILES string of the molecule is CN=C(NCC(C)SC)N1CCCC(CC(N)=O)C1. The van der Waals surface area contributed by atoms with Gasteiger partial charge in [-0.05, 0) is 25.0 Å². The zero-order chi connectivity index (χ0) is 14.3. The van der Waals surface area contributed by atoms with Crippen LogP contribution in [0.5, 0.6) is 0 Å². The van der Waals surface area contributed by atoms with Crippen LogP contribution in [0.4, 0.5) is 0 Å². The van der Waals surface area contributed by atoms with Crippen LogP contribution in [0.3, 0.4) is 0 Å². The van der Waals surface area contributed by atoms with E-state index in [1.54, 1.807) is 0 Å². The molecule has 0 bridgehead atoms. The summed E-state index contributed by atoms with van der Waals surface area (Å²) in [5, 5.41) is 3.96. The van der Waals surface area contributed by atoms with E-state index < -0.39 is 0 Å². The van der Waals surface area contributed by atoms with Gasteiger partial charge >= 0.3 is 0 Å². The molecule has 0 aromatic carbocycles. The standard InChI is InChI=1S/C13H26N4OS/c1-10(19-3)8-16-13(15-2)17-6-4-5-11(9-17)7-12(14)18/h10-11H,4-9H2,1-3H3,(H2,14,18)(H,15,16). The maximum Gasteiger partial charge on any atom is 0.217 e. The highest BCUT2D eigenvalue weighted by molar-refractivity contribution is 7.99. The molecule has 0 spiro atoms. The number of primary amides is 1. The van der Waals surface area contributed by atoms with Gasteiger partial charge in [0, 0.05) is 38.4 Å². The van der Waals surface area contributed by atoms with Crippen LogP contribution in [-0.2, 0) is 4.79 Å². The number of amides is 1. The van der Waals surface area contributed by atoms with Crippen molar-refractivity contribution in [3.8, 4) is 0 Å². The molecular weight excluding hydrogens is 260 g/mol. The topological polar surface area (TPSA) is 70.7 Å². The second-order valence-corrected chi connectivity index (χ2v) is 6.38. The zero-order valence-electron chi connectivity index (χ0n) is 12.2. The number of piperidine rings is 1. The zero-order valence-corrected chi connectivity index (χ0v) is 13.0. The van der Waals surface area contributed by atoms with Crippen LogP contribution in [-0.4, -0.2) is 55.0 Å². The number of thioether (sulfide) groups is 1. The van der Waals surface area contributed by atoms with Crippen molar-refractivity contribution >= 4 is 23.6 Å². The number of carbonyl (C=O) groups is 1. The molecule has 0 aromatic heterocycles. The van der Waals surface area contributed by atoms with E-state index in [0.717, 1.165) is 38.4 Å².